The van der Waals surface area contributed by atoms with Crippen LogP contribution >= 0.6 is 0 Å². The summed E-state index contributed by atoms with van der Waals surface area (Å²) in [5.41, 5.74) is 0.561. The molecule has 2 rings (SSSR count). The van der Waals surface area contributed by atoms with Crippen molar-refractivity contribution >= 4 is 0 Å². The average molecular weight is 180 g/mol. The minimum Gasteiger partial charge on any atom is -0.0651 e. The van der Waals surface area contributed by atoms with Crippen LogP contribution < -0.4 is 0 Å². The number of hydrogen-bond acceptors (Lipinski definition) is 0. The minimum atomic E-state index is 0.561. The van der Waals surface area contributed by atoms with E-state index < -0.39 is 0 Å². The highest BCUT2D eigenvalue weighted by Gasteiger charge is 2.52. The van der Waals surface area contributed by atoms with E-state index in [1.807, 2.05) is 0 Å². The standard InChI is InChI=1S/C13H24/c1-5-10-11-7-6-9(8-12(10)11)13(2,3)4/h9-12H,5-8H2,1-4H3. The van der Waals surface area contributed by atoms with Gasteiger partial charge in [-0.25, -0.2) is 0 Å². The molecular weight excluding hydrogens is 156 g/mol. The lowest BCUT2D eigenvalue weighted by atomic mass is 9.72. The van der Waals surface area contributed by atoms with Crippen LogP contribution in [0.25, 0.3) is 0 Å². The highest BCUT2D eigenvalue weighted by molar-refractivity contribution is 5.01. The van der Waals surface area contributed by atoms with Crippen LogP contribution in [0.15, 0.2) is 0 Å². The molecule has 0 aromatic rings. The summed E-state index contributed by atoms with van der Waals surface area (Å²) in [5, 5.41) is 0. The Balaban J connectivity index is 1.93. The molecule has 0 N–H and O–H groups in total. The van der Waals surface area contributed by atoms with Gasteiger partial charge in [-0.1, -0.05) is 34.1 Å². The molecule has 0 heteroatoms. The first-order valence-corrected chi connectivity index (χ1v) is 6.04. The second-order valence-corrected chi connectivity index (χ2v) is 6.28. The Hall–Kier alpha value is 0. The monoisotopic (exact) mass is 180 g/mol. The fourth-order valence-electron chi connectivity index (χ4n) is 3.53. The lowest BCUT2D eigenvalue weighted by Crippen LogP contribution is -2.23. The SMILES string of the molecule is CCC1C2CCC(C(C)(C)C)CC12. The van der Waals surface area contributed by atoms with Crippen molar-refractivity contribution in [2.45, 2.75) is 53.4 Å². The Labute approximate surface area is 83.1 Å². The summed E-state index contributed by atoms with van der Waals surface area (Å²) in [6, 6.07) is 0. The van der Waals surface area contributed by atoms with E-state index in [9.17, 15) is 0 Å². The molecule has 2 aliphatic rings. The van der Waals surface area contributed by atoms with Crippen molar-refractivity contribution in [2.24, 2.45) is 29.1 Å². The van der Waals surface area contributed by atoms with E-state index in [-0.39, 0.29) is 0 Å². The van der Waals surface area contributed by atoms with Crippen LogP contribution in [0.1, 0.15) is 53.4 Å². The molecule has 0 nitrogen and oxygen atoms in total. The van der Waals surface area contributed by atoms with Crippen LogP contribution in [-0.2, 0) is 0 Å². The van der Waals surface area contributed by atoms with E-state index in [2.05, 4.69) is 27.7 Å². The van der Waals surface area contributed by atoms with Crippen LogP contribution in [0.2, 0.25) is 0 Å². The quantitative estimate of drug-likeness (QED) is 0.570. The normalized spacial score (nSPS) is 44.3. The van der Waals surface area contributed by atoms with Gasteiger partial charge in [-0.15, -0.1) is 0 Å². The smallest absolute Gasteiger partial charge is 0.0349 e. The molecule has 76 valence electrons. The summed E-state index contributed by atoms with van der Waals surface area (Å²) in [5.74, 6) is 4.39. The molecule has 2 aliphatic carbocycles. The lowest BCUT2D eigenvalue weighted by Gasteiger charge is -2.33. The Morgan fingerprint density at radius 2 is 1.77 bits per heavy atom. The predicted octanol–water partition coefficient (Wildman–Crippen LogP) is 4.10. The number of fused-ring (bicyclic) bond motifs is 1. The first-order valence-electron chi connectivity index (χ1n) is 6.04. The second kappa shape index (κ2) is 3.00. The number of rotatable bonds is 1. The summed E-state index contributed by atoms with van der Waals surface area (Å²) >= 11 is 0. The molecule has 0 spiro atoms. The van der Waals surface area contributed by atoms with Gasteiger partial charge in [-0.2, -0.15) is 0 Å². The average Bonchev–Trinajstić information content (AvgIpc) is 2.74. The zero-order chi connectivity index (χ0) is 9.64. The van der Waals surface area contributed by atoms with Crippen molar-refractivity contribution in [1.82, 2.24) is 0 Å². The highest BCUT2D eigenvalue weighted by Crippen LogP contribution is 2.60. The maximum Gasteiger partial charge on any atom is -0.0349 e. The van der Waals surface area contributed by atoms with E-state index in [0.717, 1.165) is 23.7 Å². The van der Waals surface area contributed by atoms with E-state index in [4.69, 9.17) is 0 Å². The van der Waals surface area contributed by atoms with Gasteiger partial charge in [0.25, 0.3) is 0 Å². The van der Waals surface area contributed by atoms with Crippen LogP contribution in [0.4, 0.5) is 0 Å². The van der Waals surface area contributed by atoms with Gasteiger partial charge in [-0.3, -0.25) is 0 Å². The van der Waals surface area contributed by atoms with Crippen molar-refractivity contribution in [2.75, 3.05) is 0 Å². The van der Waals surface area contributed by atoms with E-state index in [1.165, 1.54) is 25.7 Å². The van der Waals surface area contributed by atoms with Crippen LogP contribution in [0.3, 0.4) is 0 Å². The first-order chi connectivity index (χ1) is 6.04. The zero-order valence-corrected chi connectivity index (χ0v) is 9.64. The molecule has 0 radical (unpaired) electrons. The van der Waals surface area contributed by atoms with Gasteiger partial charge in [0.2, 0.25) is 0 Å². The molecule has 0 saturated heterocycles. The molecule has 2 saturated carbocycles. The highest BCUT2D eigenvalue weighted by atomic mass is 14.6. The fourth-order valence-corrected chi connectivity index (χ4v) is 3.53. The molecule has 0 aromatic heterocycles. The Morgan fingerprint density at radius 3 is 2.31 bits per heavy atom. The Morgan fingerprint density at radius 1 is 1.08 bits per heavy atom. The van der Waals surface area contributed by atoms with Crippen molar-refractivity contribution in [3.05, 3.63) is 0 Å². The molecule has 0 bridgehead atoms. The van der Waals surface area contributed by atoms with Gasteiger partial charge in [0.15, 0.2) is 0 Å². The maximum atomic E-state index is 2.42. The molecule has 4 unspecified atom stereocenters. The van der Waals surface area contributed by atoms with Crippen LogP contribution in [-0.4, -0.2) is 0 Å². The third-order valence-corrected chi connectivity index (χ3v) is 4.61. The van der Waals surface area contributed by atoms with Crippen LogP contribution in [0, 0.1) is 29.1 Å². The van der Waals surface area contributed by atoms with Crippen molar-refractivity contribution < 1.29 is 0 Å². The third-order valence-electron chi connectivity index (χ3n) is 4.61. The largest absolute Gasteiger partial charge is 0.0651 e. The third kappa shape index (κ3) is 1.65. The van der Waals surface area contributed by atoms with Gasteiger partial charge in [-0.05, 0) is 48.3 Å². The first kappa shape index (κ1) is 9.55. The fraction of sp³-hybridized carbons (Fsp3) is 1.00. The second-order valence-electron chi connectivity index (χ2n) is 6.28. The summed E-state index contributed by atoms with van der Waals surface area (Å²) in [4.78, 5) is 0. The molecule has 13 heavy (non-hydrogen) atoms. The topological polar surface area (TPSA) is 0 Å². The summed E-state index contributed by atoms with van der Waals surface area (Å²) < 4.78 is 0. The molecule has 2 fully saturated rings. The predicted molar refractivity (Wildman–Crippen MR) is 57.6 cm³/mol. The number of hydrogen-bond donors (Lipinski definition) is 0. The summed E-state index contributed by atoms with van der Waals surface area (Å²) in [6.07, 6.45) is 6.01. The minimum absolute atomic E-state index is 0.561. The maximum absolute atomic E-state index is 2.42. The van der Waals surface area contributed by atoms with Gasteiger partial charge in [0.1, 0.15) is 0 Å². The van der Waals surface area contributed by atoms with E-state index >= 15 is 0 Å². The molecule has 0 amide bonds. The van der Waals surface area contributed by atoms with Gasteiger partial charge < -0.3 is 0 Å². The Bertz CT molecular complexity index is 183. The lowest BCUT2D eigenvalue weighted by molar-refractivity contribution is 0.173. The summed E-state index contributed by atoms with van der Waals surface area (Å²) in [7, 11) is 0. The van der Waals surface area contributed by atoms with Crippen LogP contribution in [0.5, 0.6) is 0 Å². The summed E-state index contributed by atoms with van der Waals surface area (Å²) in [6.45, 7) is 9.62. The van der Waals surface area contributed by atoms with E-state index in [0.29, 0.717) is 5.41 Å². The molecule has 4 atom stereocenters. The van der Waals surface area contributed by atoms with Gasteiger partial charge >= 0.3 is 0 Å². The molecule has 0 aromatic carbocycles. The van der Waals surface area contributed by atoms with Crippen molar-refractivity contribution in [3.63, 3.8) is 0 Å². The Kier molecular flexibility index (Phi) is 2.20. The van der Waals surface area contributed by atoms with E-state index in [1.54, 1.807) is 0 Å². The zero-order valence-electron chi connectivity index (χ0n) is 9.64. The molecule has 0 aliphatic heterocycles. The van der Waals surface area contributed by atoms with Gasteiger partial charge in [0.05, 0.1) is 0 Å². The van der Waals surface area contributed by atoms with Crippen molar-refractivity contribution in [1.29, 1.82) is 0 Å². The van der Waals surface area contributed by atoms with Gasteiger partial charge in [0, 0.05) is 0 Å². The molecular formula is C13H24. The molecule has 0 heterocycles. The van der Waals surface area contributed by atoms with Crippen molar-refractivity contribution in [3.8, 4) is 0 Å².